The first kappa shape index (κ1) is 13.5. The lowest BCUT2D eigenvalue weighted by molar-refractivity contribution is -0.142. The molecule has 0 fully saturated rings. The van der Waals surface area contributed by atoms with Gasteiger partial charge in [0, 0.05) is 8.95 Å². The van der Waals surface area contributed by atoms with E-state index in [0.29, 0.717) is 12.1 Å². The van der Waals surface area contributed by atoms with E-state index in [9.17, 15) is 4.79 Å². The summed E-state index contributed by atoms with van der Waals surface area (Å²) in [6.07, 6.45) is 0.407. The van der Waals surface area contributed by atoms with Crippen molar-refractivity contribution < 1.29 is 9.53 Å². The molecule has 0 heterocycles. The molecule has 0 aliphatic heterocycles. The molecule has 0 bridgehead atoms. The number of benzene rings is 1. The Morgan fingerprint density at radius 3 is 2.38 bits per heavy atom. The van der Waals surface area contributed by atoms with Crippen LogP contribution in [-0.2, 0) is 16.0 Å². The van der Waals surface area contributed by atoms with Crippen LogP contribution in [0.5, 0.6) is 0 Å². The van der Waals surface area contributed by atoms with Gasteiger partial charge in [0.1, 0.15) is 6.04 Å². The van der Waals surface area contributed by atoms with Crippen molar-refractivity contribution in [3.05, 3.63) is 26.6 Å². The highest BCUT2D eigenvalue weighted by Gasteiger charge is 2.15. The molecule has 1 aromatic carbocycles. The molecule has 16 heavy (non-hydrogen) atoms. The summed E-state index contributed by atoms with van der Waals surface area (Å²) in [5.41, 5.74) is 12.9. The van der Waals surface area contributed by atoms with Gasteiger partial charge in [0.25, 0.3) is 0 Å². The van der Waals surface area contributed by atoms with Gasteiger partial charge in [0.05, 0.1) is 12.8 Å². The molecule has 0 unspecified atom stereocenters. The molecule has 0 saturated heterocycles. The molecule has 0 amide bonds. The first-order valence-electron chi connectivity index (χ1n) is 4.52. The van der Waals surface area contributed by atoms with Gasteiger partial charge >= 0.3 is 5.97 Å². The third-order valence-electron chi connectivity index (χ3n) is 2.10. The number of hydrogen-bond acceptors (Lipinski definition) is 4. The first-order chi connectivity index (χ1) is 7.45. The van der Waals surface area contributed by atoms with E-state index in [1.807, 2.05) is 12.1 Å². The van der Waals surface area contributed by atoms with Gasteiger partial charge in [-0.25, -0.2) is 0 Å². The van der Waals surface area contributed by atoms with Crippen LogP contribution in [-0.4, -0.2) is 19.1 Å². The Morgan fingerprint density at radius 1 is 1.44 bits per heavy atom. The van der Waals surface area contributed by atoms with E-state index < -0.39 is 12.0 Å². The van der Waals surface area contributed by atoms with Gasteiger partial charge in [0.2, 0.25) is 0 Å². The topological polar surface area (TPSA) is 78.3 Å². The third kappa shape index (κ3) is 3.20. The van der Waals surface area contributed by atoms with E-state index in [4.69, 9.17) is 11.5 Å². The fourth-order valence-corrected chi connectivity index (χ4v) is 2.52. The number of ether oxygens (including phenoxy) is 1. The van der Waals surface area contributed by atoms with Gasteiger partial charge in [-0.3, -0.25) is 4.79 Å². The Hall–Kier alpha value is -0.590. The zero-order chi connectivity index (χ0) is 12.3. The van der Waals surface area contributed by atoms with Crippen molar-refractivity contribution in [2.24, 2.45) is 5.73 Å². The Bertz CT molecular complexity index is 387. The second-order valence-corrected chi connectivity index (χ2v) is 5.02. The average molecular weight is 352 g/mol. The van der Waals surface area contributed by atoms with Crippen molar-refractivity contribution in [2.75, 3.05) is 12.8 Å². The fourth-order valence-electron chi connectivity index (χ4n) is 1.24. The van der Waals surface area contributed by atoms with Crippen molar-refractivity contribution in [2.45, 2.75) is 12.5 Å². The summed E-state index contributed by atoms with van der Waals surface area (Å²) < 4.78 is 6.10. The number of esters is 1. The zero-order valence-corrected chi connectivity index (χ0v) is 11.8. The monoisotopic (exact) mass is 350 g/mol. The standard InChI is InChI=1S/C10H12Br2N2O2/c1-16-10(15)8(13)4-5-2-6(11)9(14)7(12)3-5/h2-3,8H,4,13-14H2,1H3/t8-/m0/s1. The zero-order valence-electron chi connectivity index (χ0n) is 8.67. The average Bonchev–Trinajstić information content (AvgIpc) is 2.24. The summed E-state index contributed by atoms with van der Waals surface area (Å²) in [6, 6.07) is 3.01. The second-order valence-electron chi connectivity index (χ2n) is 3.31. The molecule has 4 nitrogen and oxygen atoms in total. The SMILES string of the molecule is COC(=O)[C@@H](N)Cc1cc(Br)c(N)c(Br)c1. The van der Waals surface area contributed by atoms with Gasteiger partial charge in [-0.15, -0.1) is 0 Å². The van der Waals surface area contributed by atoms with E-state index in [-0.39, 0.29) is 0 Å². The van der Waals surface area contributed by atoms with Crippen LogP contribution < -0.4 is 11.5 Å². The molecular weight excluding hydrogens is 340 g/mol. The van der Waals surface area contributed by atoms with Crippen molar-refractivity contribution in [1.29, 1.82) is 0 Å². The van der Waals surface area contributed by atoms with Crippen molar-refractivity contribution >= 4 is 43.5 Å². The molecule has 0 spiro atoms. The number of carbonyl (C=O) groups excluding carboxylic acids is 1. The van der Waals surface area contributed by atoms with Crippen molar-refractivity contribution in [3.63, 3.8) is 0 Å². The molecule has 0 aliphatic carbocycles. The van der Waals surface area contributed by atoms with E-state index >= 15 is 0 Å². The summed E-state index contributed by atoms with van der Waals surface area (Å²) >= 11 is 6.66. The Labute approximate surface area is 111 Å². The van der Waals surface area contributed by atoms with Crippen molar-refractivity contribution in [1.82, 2.24) is 0 Å². The van der Waals surface area contributed by atoms with E-state index in [2.05, 4.69) is 36.6 Å². The normalized spacial score (nSPS) is 12.2. The molecule has 1 aromatic rings. The largest absolute Gasteiger partial charge is 0.468 e. The van der Waals surface area contributed by atoms with E-state index in [1.54, 1.807) is 0 Å². The Balaban J connectivity index is 2.86. The molecule has 0 radical (unpaired) electrons. The molecule has 0 aliphatic rings. The predicted octanol–water partition coefficient (Wildman–Crippen LogP) is 1.84. The smallest absolute Gasteiger partial charge is 0.322 e. The van der Waals surface area contributed by atoms with Gasteiger partial charge in [-0.1, -0.05) is 0 Å². The van der Waals surface area contributed by atoms with E-state index in [1.165, 1.54) is 7.11 Å². The highest BCUT2D eigenvalue weighted by Crippen LogP contribution is 2.29. The first-order valence-corrected chi connectivity index (χ1v) is 6.11. The molecule has 4 N–H and O–H groups in total. The predicted molar refractivity (Wildman–Crippen MR) is 69.9 cm³/mol. The maximum atomic E-state index is 11.2. The van der Waals surface area contributed by atoms with Gasteiger partial charge in [-0.05, 0) is 56.0 Å². The number of anilines is 1. The van der Waals surface area contributed by atoms with Gasteiger partial charge in [0.15, 0.2) is 0 Å². The minimum absolute atomic E-state index is 0.407. The van der Waals surface area contributed by atoms with Crippen LogP contribution in [0.25, 0.3) is 0 Å². The lowest BCUT2D eigenvalue weighted by Crippen LogP contribution is -2.33. The molecular formula is C10H12Br2N2O2. The fraction of sp³-hybridized carbons (Fsp3) is 0.300. The Kier molecular flexibility index (Phi) is 4.76. The van der Waals surface area contributed by atoms with Crippen LogP contribution in [0.2, 0.25) is 0 Å². The number of nitrogens with two attached hydrogens (primary N) is 2. The molecule has 0 saturated carbocycles. The van der Waals surface area contributed by atoms with Crippen molar-refractivity contribution in [3.8, 4) is 0 Å². The molecule has 1 atom stereocenters. The molecule has 88 valence electrons. The summed E-state index contributed by atoms with van der Waals surface area (Å²) in [4.78, 5) is 11.2. The maximum absolute atomic E-state index is 11.2. The summed E-state index contributed by atoms with van der Waals surface area (Å²) in [7, 11) is 1.32. The van der Waals surface area contributed by atoms with Crippen LogP contribution in [0.15, 0.2) is 21.1 Å². The highest BCUT2D eigenvalue weighted by atomic mass is 79.9. The minimum atomic E-state index is -0.660. The number of halogens is 2. The number of methoxy groups -OCH3 is 1. The summed E-state index contributed by atoms with van der Waals surface area (Å²) in [6.45, 7) is 0. The van der Waals surface area contributed by atoms with Crippen LogP contribution in [0.1, 0.15) is 5.56 Å². The highest BCUT2D eigenvalue weighted by molar-refractivity contribution is 9.11. The molecule has 0 aromatic heterocycles. The van der Waals surface area contributed by atoms with E-state index in [0.717, 1.165) is 14.5 Å². The summed E-state index contributed by atoms with van der Waals surface area (Å²) in [5, 5.41) is 0. The quantitative estimate of drug-likeness (QED) is 0.643. The lowest BCUT2D eigenvalue weighted by Gasteiger charge is -2.11. The van der Waals surface area contributed by atoms with Crippen LogP contribution >= 0.6 is 31.9 Å². The Morgan fingerprint density at radius 2 is 1.94 bits per heavy atom. The van der Waals surface area contributed by atoms with Crippen LogP contribution in [0.3, 0.4) is 0 Å². The number of nitrogen functional groups attached to an aromatic ring is 1. The second kappa shape index (κ2) is 5.65. The van der Waals surface area contributed by atoms with Gasteiger partial charge < -0.3 is 16.2 Å². The number of hydrogen-bond donors (Lipinski definition) is 2. The third-order valence-corrected chi connectivity index (χ3v) is 3.41. The van der Waals surface area contributed by atoms with Crippen LogP contribution in [0.4, 0.5) is 5.69 Å². The van der Waals surface area contributed by atoms with Crippen LogP contribution in [0, 0.1) is 0 Å². The van der Waals surface area contributed by atoms with Gasteiger partial charge in [-0.2, -0.15) is 0 Å². The molecule has 6 heteroatoms. The number of carbonyl (C=O) groups is 1. The summed E-state index contributed by atoms with van der Waals surface area (Å²) in [5.74, 6) is -0.427. The molecule has 1 rings (SSSR count). The maximum Gasteiger partial charge on any atom is 0.322 e. The minimum Gasteiger partial charge on any atom is -0.468 e. The number of rotatable bonds is 3. The lowest BCUT2D eigenvalue weighted by atomic mass is 10.1.